The molecule has 0 saturated carbocycles. The number of anilines is 2. The minimum Gasteiger partial charge on any atom is -0.460 e. The van der Waals surface area contributed by atoms with Crippen molar-refractivity contribution in [1.29, 1.82) is 0 Å². The predicted molar refractivity (Wildman–Crippen MR) is 72.5 cm³/mol. The fourth-order valence-electron chi connectivity index (χ4n) is 1.57. The molecule has 0 bridgehead atoms. The highest BCUT2D eigenvalue weighted by atomic mass is 16.5. The van der Waals surface area contributed by atoms with Crippen LogP contribution in [0.1, 0.15) is 23.1 Å². The number of para-hydroxylation sites is 1. The van der Waals surface area contributed by atoms with Gasteiger partial charge in [-0.25, -0.2) is 14.8 Å². The maximum absolute atomic E-state index is 11.5. The summed E-state index contributed by atoms with van der Waals surface area (Å²) in [7, 11) is 0. The Kier molecular flexibility index (Phi) is 4.07. The molecule has 0 aliphatic rings. The zero-order chi connectivity index (χ0) is 13.7. The van der Waals surface area contributed by atoms with Crippen LogP contribution in [-0.2, 0) is 4.74 Å². The summed E-state index contributed by atoms with van der Waals surface area (Å²) in [5, 5.41) is 3.15. The Hall–Kier alpha value is -2.43. The van der Waals surface area contributed by atoms with Gasteiger partial charge in [0.15, 0.2) is 0 Å². The lowest BCUT2D eigenvalue weighted by atomic mass is 10.2. The lowest BCUT2D eigenvalue weighted by molar-refractivity contribution is 0.0512. The molecule has 1 N–H and O–H groups in total. The Morgan fingerprint density at radius 1 is 1.32 bits per heavy atom. The molecule has 0 aliphatic heterocycles. The highest BCUT2D eigenvalue weighted by Crippen LogP contribution is 2.18. The number of ether oxygens (including phenoxy) is 1. The van der Waals surface area contributed by atoms with Crippen LogP contribution in [0.4, 0.5) is 11.5 Å². The number of rotatable bonds is 4. The van der Waals surface area contributed by atoms with Crippen molar-refractivity contribution < 1.29 is 9.53 Å². The number of aromatic nitrogens is 2. The number of hydrogen-bond acceptors (Lipinski definition) is 5. The first-order valence-electron chi connectivity index (χ1n) is 6.03. The van der Waals surface area contributed by atoms with E-state index in [1.807, 2.05) is 31.2 Å². The van der Waals surface area contributed by atoms with E-state index in [1.54, 1.807) is 13.0 Å². The lowest BCUT2D eigenvalue weighted by Gasteiger charge is -2.08. The summed E-state index contributed by atoms with van der Waals surface area (Å²) >= 11 is 0. The van der Waals surface area contributed by atoms with Crippen LogP contribution in [0.2, 0.25) is 0 Å². The average Bonchev–Trinajstić information content (AvgIpc) is 2.42. The number of carbonyl (C=O) groups excluding carboxylic acids is 1. The molecular weight excluding hydrogens is 242 g/mol. The quantitative estimate of drug-likeness (QED) is 0.853. The summed E-state index contributed by atoms with van der Waals surface area (Å²) in [6.07, 6.45) is 1.53. The predicted octanol–water partition coefficient (Wildman–Crippen LogP) is 2.71. The summed E-state index contributed by atoms with van der Waals surface area (Å²) in [6, 6.07) is 9.54. The van der Waals surface area contributed by atoms with Gasteiger partial charge in [-0.15, -0.1) is 0 Å². The number of carbonyl (C=O) groups is 1. The summed E-state index contributed by atoms with van der Waals surface area (Å²) in [4.78, 5) is 19.6. The van der Waals surface area contributed by atoms with Crippen LogP contribution in [0.15, 0.2) is 36.5 Å². The van der Waals surface area contributed by atoms with E-state index in [4.69, 9.17) is 4.74 Å². The SMILES string of the molecule is CCOC(=O)c1nccc(Nc2ccccc2C)n1. The van der Waals surface area contributed by atoms with Gasteiger partial charge in [0.1, 0.15) is 5.82 Å². The first-order chi connectivity index (χ1) is 9.20. The van der Waals surface area contributed by atoms with Crippen molar-refractivity contribution >= 4 is 17.5 Å². The molecule has 2 aromatic rings. The van der Waals surface area contributed by atoms with Crippen molar-refractivity contribution in [3.05, 3.63) is 47.9 Å². The molecule has 0 saturated heterocycles. The Morgan fingerprint density at radius 3 is 2.84 bits per heavy atom. The number of benzene rings is 1. The Labute approximate surface area is 111 Å². The lowest BCUT2D eigenvalue weighted by Crippen LogP contribution is -2.10. The summed E-state index contributed by atoms with van der Waals surface area (Å²) in [5.41, 5.74) is 2.04. The number of hydrogen-bond donors (Lipinski definition) is 1. The van der Waals surface area contributed by atoms with E-state index in [1.165, 1.54) is 6.20 Å². The molecule has 0 spiro atoms. The second kappa shape index (κ2) is 5.95. The largest absolute Gasteiger partial charge is 0.460 e. The van der Waals surface area contributed by atoms with E-state index in [0.29, 0.717) is 12.4 Å². The number of aryl methyl sites for hydroxylation is 1. The van der Waals surface area contributed by atoms with E-state index in [-0.39, 0.29) is 5.82 Å². The smallest absolute Gasteiger partial charge is 0.376 e. The van der Waals surface area contributed by atoms with Gasteiger partial charge in [0.25, 0.3) is 0 Å². The van der Waals surface area contributed by atoms with E-state index in [9.17, 15) is 4.79 Å². The normalized spacial score (nSPS) is 10.0. The van der Waals surface area contributed by atoms with Crippen molar-refractivity contribution in [1.82, 2.24) is 9.97 Å². The summed E-state index contributed by atoms with van der Waals surface area (Å²) in [6.45, 7) is 4.04. The fraction of sp³-hybridized carbons (Fsp3) is 0.214. The molecule has 0 unspecified atom stereocenters. The Morgan fingerprint density at radius 2 is 2.11 bits per heavy atom. The molecule has 98 valence electrons. The van der Waals surface area contributed by atoms with Gasteiger partial charge in [-0.3, -0.25) is 0 Å². The molecule has 0 fully saturated rings. The van der Waals surface area contributed by atoms with Crippen LogP contribution in [0, 0.1) is 6.92 Å². The minimum absolute atomic E-state index is 0.0560. The van der Waals surface area contributed by atoms with Crippen molar-refractivity contribution in [2.75, 3.05) is 11.9 Å². The van der Waals surface area contributed by atoms with Crippen LogP contribution >= 0.6 is 0 Å². The highest BCUT2D eigenvalue weighted by molar-refractivity contribution is 5.85. The molecule has 0 radical (unpaired) electrons. The molecule has 5 nitrogen and oxygen atoms in total. The van der Waals surface area contributed by atoms with E-state index in [0.717, 1.165) is 11.3 Å². The standard InChI is InChI=1S/C14H15N3O2/c1-3-19-14(18)13-15-9-8-12(17-13)16-11-7-5-4-6-10(11)2/h4-9H,3H2,1-2H3,(H,15,16,17). The highest BCUT2D eigenvalue weighted by Gasteiger charge is 2.10. The zero-order valence-corrected chi connectivity index (χ0v) is 10.9. The third-order valence-corrected chi connectivity index (χ3v) is 2.52. The molecule has 1 aromatic heterocycles. The third-order valence-electron chi connectivity index (χ3n) is 2.52. The van der Waals surface area contributed by atoms with Crippen molar-refractivity contribution in [2.24, 2.45) is 0 Å². The van der Waals surface area contributed by atoms with Gasteiger partial charge in [-0.05, 0) is 31.5 Å². The molecule has 19 heavy (non-hydrogen) atoms. The summed E-state index contributed by atoms with van der Waals surface area (Å²) in [5.74, 6) is 0.101. The van der Waals surface area contributed by atoms with Crippen molar-refractivity contribution in [3.63, 3.8) is 0 Å². The van der Waals surface area contributed by atoms with Crippen LogP contribution in [0.3, 0.4) is 0 Å². The van der Waals surface area contributed by atoms with Gasteiger partial charge in [0, 0.05) is 11.9 Å². The number of nitrogens with zero attached hydrogens (tertiary/aromatic N) is 2. The Bertz CT molecular complexity index is 584. The molecule has 0 aliphatic carbocycles. The van der Waals surface area contributed by atoms with Gasteiger partial charge < -0.3 is 10.1 Å². The molecule has 1 heterocycles. The molecule has 2 rings (SSSR count). The van der Waals surface area contributed by atoms with E-state index in [2.05, 4.69) is 15.3 Å². The van der Waals surface area contributed by atoms with Crippen molar-refractivity contribution in [2.45, 2.75) is 13.8 Å². The van der Waals surface area contributed by atoms with Gasteiger partial charge in [-0.1, -0.05) is 18.2 Å². The molecule has 5 heteroatoms. The van der Waals surface area contributed by atoms with Crippen LogP contribution in [0.25, 0.3) is 0 Å². The van der Waals surface area contributed by atoms with Gasteiger partial charge in [0.2, 0.25) is 5.82 Å². The molecule has 0 amide bonds. The minimum atomic E-state index is -0.518. The second-order valence-corrected chi connectivity index (χ2v) is 3.93. The topological polar surface area (TPSA) is 64.1 Å². The van der Waals surface area contributed by atoms with Crippen LogP contribution < -0.4 is 5.32 Å². The maximum atomic E-state index is 11.5. The molecule has 1 aromatic carbocycles. The van der Waals surface area contributed by atoms with Crippen LogP contribution in [0.5, 0.6) is 0 Å². The third kappa shape index (κ3) is 3.28. The van der Waals surface area contributed by atoms with E-state index >= 15 is 0 Å². The van der Waals surface area contributed by atoms with E-state index < -0.39 is 5.97 Å². The zero-order valence-electron chi connectivity index (χ0n) is 10.9. The second-order valence-electron chi connectivity index (χ2n) is 3.93. The van der Waals surface area contributed by atoms with Gasteiger partial charge >= 0.3 is 5.97 Å². The number of nitrogens with one attached hydrogen (secondary N) is 1. The fourth-order valence-corrected chi connectivity index (χ4v) is 1.57. The average molecular weight is 257 g/mol. The van der Waals surface area contributed by atoms with Gasteiger partial charge in [0.05, 0.1) is 6.61 Å². The van der Waals surface area contributed by atoms with Crippen molar-refractivity contribution in [3.8, 4) is 0 Å². The first kappa shape index (κ1) is 13.0. The molecule has 0 atom stereocenters. The van der Waals surface area contributed by atoms with Crippen LogP contribution in [-0.4, -0.2) is 22.5 Å². The summed E-state index contributed by atoms with van der Waals surface area (Å²) < 4.78 is 4.87. The molecular formula is C14H15N3O2. The Balaban J connectivity index is 2.20. The first-order valence-corrected chi connectivity index (χ1v) is 6.03. The van der Waals surface area contributed by atoms with Gasteiger partial charge in [-0.2, -0.15) is 0 Å². The maximum Gasteiger partial charge on any atom is 0.376 e. The monoisotopic (exact) mass is 257 g/mol. The number of esters is 1.